The van der Waals surface area contributed by atoms with E-state index in [1.165, 1.54) is 49.7 Å². The summed E-state index contributed by atoms with van der Waals surface area (Å²) in [4.78, 5) is 0. The maximum atomic E-state index is 3.84. The molecule has 19 heavy (non-hydrogen) atoms. The molecule has 1 nitrogen and oxygen atoms in total. The lowest BCUT2D eigenvalue weighted by Gasteiger charge is -2.31. The molecule has 1 N–H and O–H groups in total. The fourth-order valence-corrected chi connectivity index (χ4v) is 3.54. The largest absolute Gasteiger partial charge is 0.307 e. The van der Waals surface area contributed by atoms with Crippen LogP contribution in [0.15, 0.2) is 24.3 Å². The number of aryl methyl sites for hydroxylation is 1. The van der Waals surface area contributed by atoms with Gasteiger partial charge in [0.05, 0.1) is 0 Å². The van der Waals surface area contributed by atoms with E-state index in [2.05, 4.69) is 50.4 Å². The Bertz CT molecular complexity index is 377. The van der Waals surface area contributed by atoms with Crippen molar-refractivity contribution in [3.8, 4) is 0 Å². The highest BCUT2D eigenvalue weighted by atomic mass is 14.9. The van der Waals surface area contributed by atoms with Crippen LogP contribution in [0.5, 0.6) is 0 Å². The average molecular weight is 259 g/mol. The summed E-state index contributed by atoms with van der Waals surface area (Å²) >= 11 is 0. The quantitative estimate of drug-likeness (QED) is 0.784. The highest BCUT2D eigenvalue weighted by Gasteiger charge is 2.22. The van der Waals surface area contributed by atoms with Crippen LogP contribution in [0.1, 0.15) is 69.5 Å². The first-order valence-corrected chi connectivity index (χ1v) is 8.02. The number of hydrogen-bond donors (Lipinski definition) is 1. The Morgan fingerprint density at radius 3 is 2.47 bits per heavy atom. The highest BCUT2D eigenvalue weighted by Crippen LogP contribution is 2.29. The number of hydrogen-bond acceptors (Lipinski definition) is 1. The number of nitrogens with one attached hydrogen (secondary N) is 1. The lowest BCUT2D eigenvalue weighted by atomic mass is 9.83. The molecule has 1 aliphatic carbocycles. The van der Waals surface area contributed by atoms with Gasteiger partial charge in [-0.2, -0.15) is 0 Å². The molecule has 1 saturated carbocycles. The Morgan fingerprint density at radius 2 is 1.84 bits per heavy atom. The van der Waals surface area contributed by atoms with Gasteiger partial charge >= 0.3 is 0 Å². The molecule has 0 radical (unpaired) electrons. The molecular weight excluding hydrogens is 230 g/mol. The summed E-state index contributed by atoms with van der Waals surface area (Å²) in [5, 5.41) is 3.84. The first-order chi connectivity index (χ1) is 9.20. The Kier molecular flexibility index (Phi) is 5.45. The van der Waals surface area contributed by atoms with Crippen molar-refractivity contribution in [3.05, 3.63) is 35.4 Å². The SMILES string of the molecule is CCCC1CCC(N[C@@H](C)c2ccccc2C)CC1. The van der Waals surface area contributed by atoms with E-state index in [-0.39, 0.29) is 0 Å². The van der Waals surface area contributed by atoms with Gasteiger partial charge in [-0.05, 0) is 56.6 Å². The molecular formula is C18H29N. The van der Waals surface area contributed by atoms with Gasteiger partial charge in [0.1, 0.15) is 0 Å². The van der Waals surface area contributed by atoms with Gasteiger partial charge in [0.15, 0.2) is 0 Å². The van der Waals surface area contributed by atoms with Crippen LogP contribution in [0.3, 0.4) is 0 Å². The molecule has 0 spiro atoms. The monoisotopic (exact) mass is 259 g/mol. The van der Waals surface area contributed by atoms with Crippen LogP contribution in [-0.4, -0.2) is 6.04 Å². The van der Waals surface area contributed by atoms with Gasteiger partial charge in [-0.25, -0.2) is 0 Å². The lowest BCUT2D eigenvalue weighted by Crippen LogP contribution is -2.35. The lowest BCUT2D eigenvalue weighted by molar-refractivity contribution is 0.266. The molecule has 0 aromatic heterocycles. The third-order valence-corrected chi connectivity index (χ3v) is 4.68. The van der Waals surface area contributed by atoms with Crippen molar-refractivity contribution in [3.63, 3.8) is 0 Å². The summed E-state index contributed by atoms with van der Waals surface area (Å²) in [5.41, 5.74) is 2.86. The minimum Gasteiger partial charge on any atom is -0.307 e. The second-order valence-corrected chi connectivity index (χ2v) is 6.25. The molecule has 1 aromatic rings. The van der Waals surface area contributed by atoms with Crippen molar-refractivity contribution in [2.75, 3.05) is 0 Å². The summed E-state index contributed by atoms with van der Waals surface area (Å²) in [6.45, 7) is 6.83. The van der Waals surface area contributed by atoms with Crippen LogP contribution in [0, 0.1) is 12.8 Å². The Labute approximate surface area is 118 Å². The van der Waals surface area contributed by atoms with Gasteiger partial charge in [0.2, 0.25) is 0 Å². The highest BCUT2D eigenvalue weighted by molar-refractivity contribution is 5.28. The summed E-state index contributed by atoms with van der Waals surface area (Å²) in [5.74, 6) is 0.997. The third-order valence-electron chi connectivity index (χ3n) is 4.68. The van der Waals surface area contributed by atoms with E-state index in [0.29, 0.717) is 6.04 Å². The van der Waals surface area contributed by atoms with E-state index in [0.717, 1.165) is 12.0 Å². The van der Waals surface area contributed by atoms with Crippen LogP contribution < -0.4 is 5.32 Å². The predicted molar refractivity (Wildman–Crippen MR) is 83.4 cm³/mol. The minimum atomic E-state index is 0.480. The molecule has 2 rings (SSSR count). The van der Waals surface area contributed by atoms with Gasteiger partial charge in [-0.15, -0.1) is 0 Å². The van der Waals surface area contributed by atoms with Gasteiger partial charge in [-0.1, -0.05) is 44.0 Å². The molecule has 0 saturated heterocycles. The Balaban J connectivity index is 1.84. The van der Waals surface area contributed by atoms with E-state index >= 15 is 0 Å². The second kappa shape index (κ2) is 7.09. The van der Waals surface area contributed by atoms with Crippen molar-refractivity contribution in [2.45, 2.75) is 71.4 Å². The second-order valence-electron chi connectivity index (χ2n) is 6.25. The van der Waals surface area contributed by atoms with Crippen LogP contribution in [0.2, 0.25) is 0 Å². The zero-order valence-electron chi connectivity index (χ0n) is 12.8. The Hall–Kier alpha value is -0.820. The van der Waals surface area contributed by atoms with E-state index in [9.17, 15) is 0 Å². The molecule has 0 heterocycles. The fraction of sp³-hybridized carbons (Fsp3) is 0.667. The molecule has 1 aromatic carbocycles. The summed E-state index contributed by atoms with van der Waals surface area (Å²) in [7, 11) is 0. The molecule has 0 unspecified atom stereocenters. The molecule has 0 bridgehead atoms. The van der Waals surface area contributed by atoms with Crippen molar-refractivity contribution < 1.29 is 0 Å². The molecule has 1 heteroatoms. The van der Waals surface area contributed by atoms with Gasteiger partial charge in [0.25, 0.3) is 0 Å². The maximum Gasteiger partial charge on any atom is 0.0296 e. The average Bonchev–Trinajstić information content (AvgIpc) is 2.42. The van der Waals surface area contributed by atoms with E-state index < -0.39 is 0 Å². The normalized spacial score (nSPS) is 25.2. The summed E-state index contributed by atoms with van der Waals surface area (Å²) in [6, 6.07) is 9.96. The number of benzene rings is 1. The minimum absolute atomic E-state index is 0.480. The Morgan fingerprint density at radius 1 is 1.16 bits per heavy atom. The van der Waals surface area contributed by atoms with E-state index in [4.69, 9.17) is 0 Å². The van der Waals surface area contributed by atoms with Crippen molar-refractivity contribution in [1.82, 2.24) is 5.32 Å². The fourth-order valence-electron chi connectivity index (χ4n) is 3.54. The molecule has 1 atom stereocenters. The van der Waals surface area contributed by atoms with Gasteiger partial charge in [0, 0.05) is 12.1 Å². The van der Waals surface area contributed by atoms with Crippen LogP contribution in [-0.2, 0) is 0 Å². The predicted octanol–water partition coefficient (Wildman–Crippen LogP) is 5.00. The number of rotatable bonds is 5. The van der Waals surface area contributed by atoms with Crippen LogP contribution in [0.4, 0.5) is 0 Å². The standard InChI is InChI=1S/C18H29N/c1-4-7-16-10-12-17(13-11-16)19-15(3)18-9-6-5-8-14(18)2/h5-6,8-9,15-17,19H,4,7,10-13H2,1-3H3/t15-,16?,17?/m0/s1. The summed E-state index contributed by atoms with van der Waals surface area (Å²) in [6.07, 6.45) is 8.35. The molecule has 106 valence electrons. The van der Waals surface area contributed by atoms with Crippen molar-refractivity contribution >= 4 is 0 Å². The maximum absolute atomic E-state index is 3.84. The topological polar surface area (TPSA) is 12.0 Å². The molecule has 1 fully saturated rings. The first-order valence-electron chi connectivity index (χ1n) is 8.02. The first kappa shape index (κ1) is 14.6. The van der Waals surface area contributed by atoms with Gasteiger partial charge < -0.3 is 5.32 Å². The zero-order valence-corrected chi connectivity index (χ0v) is 12.8. The van der Waals surface area contributed by atoms with E-state index in [1.54, 1.807) is 0 Å². The smallest absolute Gasteiger partial charge is 0.0296 e. The molecule has 1 aliphatic rings. The third kappa shape index (κ3) is 4.07. The zero-order chi connectivity index (χ0) is 13.7. The van der Waals surface area contributed by atoms with Crippen molar-refractivity contribution in [2.24, 2.45) is 5.92 Å². The molecule has 0 aliphatic heterocycles. The van der Waals surface area contributed by atoms with Crippen molar-refractivity contribution in [1.29, 1.82) is 0 Å². The van der Waals surface area contributed by atoms with E-state index in [1.807, 2.05) is 0 Å². The summed E-state index contributed by atoms with van der Waals surface area (Å²) < 4.78 is 0. The van der Waals surface area contributed by atoms with Gasteiger partial charge in [-0.3, -0.25) is 0 Å². The molecule has 0 amide bonds. The van der Waals surface area contributed by atoms with Crippen LogP contribution in [0.25, 0.3) is 0 Å². The van der Waals surface area contributed by atoms with Crippen LogP contribution >= 0.6 is 0 Å².